The standard InChI is InChI=1S/C12H13N3O4/c1-2-8(13-6-7-4-3-5-19-7)9-10(16)14-12(18)15-11(9)17/h2-5,9,13H,6H2,1H3,(H2,14,15,16,17,18)/p+1/b8-2+. The predicted octanol–water partition coefficient (Wildman–Crippen LogP) is -0.771. The van der Waals surface area contributed by atoms with Crippen LogP contribution in [0.1, 0.15) is 12.7 Å². The molecule has 1 aliphatic rings. The van der Waals surface area contributed by atoms with Crippen LogP contribution in [-0.2, 0) is 16.1 Å². The molecule has 7 nitrogen and oxygen atoms in total. The van der Waals surface area contributed by atoms with Crippen molar-refractivity contribution in [2.24, 2.45) is 5.92 Å². The number of amides is 4. The highest BCUT2D eigenvalue weighted by Crippen LogP contribution is 2.09. The van der Waals surface area contributed by atoms with Crippen LogP contribution in [0.15, 0.2) is 34.6 Å². The summed E-state index contributed by atoms with van der Waals surface area (Å²) in [6.45, 7) is 2.20. The predicted molar refractivity (Wildman–Crippen MR) is 63.3 cm³/mol. The molecule has 0 atom stereocenters. The van der Waals surface area contributed by atoms with E-state index >= 15 is 0 Å². The summed E-state index contributed by atoms with van der Waals surface area (Å²) in [6, 6.07) is 2.78. The summed E-state index contributed by atoms with van der Waals surface area (Å²) in [7, 11) is 0. The summed E-state index contributed by atoms with van der Waals surface area (Å²) in [5.74, 6) is -1.50. The lowest BCUT2D eigenvalue weighted by atomic mass is 10.0. The molecule has 0 radical (unpaired) electrons. The highest BCUT2D eigenvalue weighted by molar-refractivity contribution is 6.17. The van der Waals surface area contributed by atoms with Crippen molar-refractivity contribution in [2.45, 2.75) is 13.5 Å². The van der Waals surface area contributed by atoms with Crippen LogP contribution in [0.2, 0.25) is 0 Å². The van der Waals surface area contributed by atoms with Gasteiger partial charge in [-0.25, -0.2) is 4.79 Å². The van der Waals surface area contributed by atoms with E-state index in [2.05, 4.69) is 10.6 Å². The van der Waals surface area contributed by atoms with Crippen LogP contribution < -0.4 is 16.0 Å². The minimum Gasteiger partial charge on any atom is -0.463 e. The Bertz CT molecular complexity index is 513. The van der Waals surface area contributed by atoms with Gasteiger partial charge in [0, 0.05) is 0 Å². The van der Waals surface area contributed by atoms with Crippen molar-refractivity contribution >= 4 is 17.8 Å². The van der Waals surface area contributed by atoms with Gasteiger partial charge >= 0.3 is 6.03 Å². The number of carbonyl (C=O) groups is 3. The maximum absolute atomic E-state index is 11.7. The first-order chi connectivity index (χ1) is 9.11. The zero-order valence-electron chi connectivity index (χ0n) is 10.3. The van der Waals surface area contributed by atoms with Gasteiger partial charge in [-0.3, -0.25) is 20.2 Å². The average Bonchev–Trinajstić information content (AvgIpc) is 2.85. The molecule has 4 N–H and O–H groups in total. The van der Waals surface area contributed by atoms with Gasteiger partial charge in [-0.1, -0.05) is 0 Å². The molecule has 0 aromatic carbocycles. The van der Waals surface area contributed by atoms with E-state index in [0.717, 1.165) is 5.76 Å². The Kier molecular flexibility index (Phi) is 3.76. The van der Waals surface area contributed by atoms with E-state index in [1.807, 2.05) is 0 Å². The smallest absolute Gasteiger partial charge is 0.328 e. The summed E-state index contributed by atoms with van der Waals surface area (Å²) >= 11 is 0. The number of imide groups is 2. The van der Waals surface area contributed by atoms with E-state index in [-0.39, 0.29) is 0 Å². The van der Waals surface area contributed by atoms with Gasteiger partial charge in [0.1, 0.15) is 12.2 Å². The van der Waals surface area contributed by atoms with Crippen LogP contribution in [0.5, 0.6) is 0 Å². The van der Waals surface area contributed by atoms with Gasteiger partial charge in [0.25, 0.3) is 11.8 Å². The van der Waals surface area contributed by atoms with Crippen LogP contribution in [0.25, 0.3) is 0 Å². The van der Waals surface area contributed by atoms with Crippen molar-refractivity contribution in [2.75, 3.05) is 0 Å². The van der Waals surface area contributed by atoms with Crippen molar-refractivity contribution in [3.8, 4) is 0 Å². The number of nitrogens with two attached hydrogens (primary N) is 1. The summed E-state index contributed by atoms with van der Waals surface area (Å²) in [5, 5.41) is 5.88. The molecule has 1 fully saturated rings. The van der Waals surface area contributed by atoms with Crippen LogP contribution in [0, 0.1) is 5.92 Å². The molecule has 1 aromatic rings. The molecule has 2 rings (SSSR count). The Morgan fingerprint density at radius 2 is 2.05 bits per heavy atom. The molecule has 1 aliphatic heterocycles. The summed E-state index contributed by atoms with van der Waals surface area (Å²) in [5.41, 5.74) is 0.541. The van der Waals surface area contributed by atoms with Crippen molar-refractivity contribution in [1.82, 2.24) is 10.6 Å². The molecule has 19 heavy (non-hydrogen) atoms. The molecule has 2 heterocycles. The molecule has 0 aliphatic carbocycles. The first kappa shape index (κ1) is 13.0. The lowest BCUT2D eigenvalue weighted by molar-refractivity contribution is -0.628. The topological polar surface area (TPSA) is 105 Å². The zero-order chi connectivity index (χ0) is 13.8. The van der Waals surface area contributed by atoms with Gasteiger partial charge in [-0.15, -0.1) is 0 Å². The van der Waals surface area contributed by atoms with Crippen molar-refractivity contribution in [3.63, 3.8) is 0 Å². The number of allylic oxidation sites excluding steroid dienone is 1. The van der Waals surface area contributed by atoms with Crippen molar-refractivity contribution in [1.29, 1.82) is 0 Å². The van der Waals surface area contributed by atoms with E-state index in [1.165, 1.54) is 0 Å². The molecular weight excluding hydrogens is 250 g/mol. The number of hydrogen-bond acceptors (Lipinski definition) is 4. The fraction of sp³-hybridized carbons (Fsp3) is 0.250. The van der Waals surface area contributed by atoms with Gasteiger partial charge in [0.05, 0.1) is 6.26 Å². The van der Waals surface area contributed by atoms with Crippen LogP contribution >= 0.6 is 0 Å². The summed E-state index contributed by atoms with van der Waals surface area (Å²) in [6.07, 6.45) is 3.22. The minimum atomic E-state index is -1.00. The third-order valence-electron chi connectivity index (χ3n) is 2.78. The highest BCUT2D eigenvalue weighted by Gasteiger charge is 2.39. The number of rotatable bonds is 4. The Morgan fingerprint density at radius 3 is 2.58 bits per heavy atom. The first-order valence-electron chi connectivity index (χ1n) is 5.79. The fourth-order valence-corrected chi connectivity index (χ4v) is 1.87. The number of quaternary nitrogens is 1. The zero-order valence-corrected chi connectivity index (χ0v) is 10.3. The van der Waals surface area contributed by atoms with Gasteiger partial charge in [-0.05, 0) is 25.1 Å². The first-order valence-corrected chi connectivity index (χ1v) is 5.79. The van der Waals surface area contributed by atoms with Crippen molar-refractivity contribution in [3.05, 3.63) is 35.9 Å². The van der Waals surface area contributed by atoms with E-state index in [1.54, 1.807) is 36.7 Å². The second kappa shape index (κ2) is 5.49. The van der Waals surface area contributed by atoms with Crippen LogP contribution in [0.3, 0.4) is 0 Å². The Morgan fingerprint density at radius 1 is 1.37 bits per heavy atom. The number of nitrogens with one attached hydrogen (secondary N) is 2. The Labute approximate surface area is 109 Å². The van der Waals surface area contributed by atoms with Gasteiger partial charge in [-0.2, -0.15) is 0 Å². The van der Waals surface area contributed by atoms with E-state index < -0.39 is 23.8 Å². The third kappa shape index (κ3) is 2.89. The third-order valence-corrected chi connectivity index (χ3v) is 2.78. The summed E-state index contributed by atoms with van der Waals surface area (Å²) in [4.78, 5) is 34.4. The molecule has 4 amide bonds. The van der Waals surface area contributed by atoms with Gasteiger partial charge in [0.2, 0.25) is 0 Å². The SMILES string of the molecule is C/C=C(/[NH2+]Cc1ccco1)C1C(=O)NC(=O)NC1=O. The molecule has 7 heteroatoms. The molecular formula is C12H14N3O4+. The fourth-order valence-electron chi connectivity index (χ4n) is 1.87. The lowest BCUT2D eigenvalue weighted by Crippen LogP contribution is -2.83. The molecule has 0 spiro atoms. The van der Waals surface area contributed by atoms with E-state index in [4.69, 9.17) is 4.42 Å². The maximum atomic E-state index is 11.7. The highest BCUT2D eigenvalue weighted by atomic mass is 16.3. The number of furan rings is 1. The monoisotopic (exact) mass is 264 g/mol. The van der Waals surface area contributed by atoms with Gasteiger partial charge < -0.3 is 9.73 Å². The molecule has 0 bridgehead atoms. The Balaban J connectivity index is 2.07. The van der Waals surface area contributed by atoms with Crippen LogP contribution in [0.4, 0.5) is 4.79 Å². The van der Waals surface area contributed by atoms with E-state index in [0.29, 0.717) is 12.2 Å². The Hall–Kier alpha value is -2.41. The number of urea groups is 1. The number of barbiturate groups is 1. The minimum absolute atomic E-state index is 0.470. The molecule has 0 saturated carbocycles. The number of hydrogen-bond donors (Lipinski definition) is 3. The van der Waals surface area contributed by atoms with E-state index in [9.17, 15) is 14.4 Å². The maximum Gasteiger partial charge on any atom is 0.328 e. The quantitative estimate of drug-likeness (QED) is 0.621. The molecule has 1 saturated heterocycles. The number of carbonyl (C=O) groups excluding carboxylic acids is 3. The largest absolute Gasteiger partial charge is 0.463 e. The van der Waals surface area contributed by atoms with Gasteiger partial charge in [0.15, 0.2) is 11.7 Å². The molecule has 1 aromatic heterocycles. The molecule has 0 unspecified atom stereocenters. The van der Waals surface area contributed by atoms with Crippen LogP contribution in [-0.4, -0.2) is 17.8 Å². The second-order valence-electron chi connectivity index (χ2n) is 4.02. The van der Waals surface area contributed by atoms with Crippen molar-refractivity contribution < 1.29 is 24.1 Å². The normalized spacial score (nSPS) is 17.3. The summed E-state index contributed by atoms with van der Waals surface area (Å²) < 4.78 is 5.17. The average molecular weight is 264 g/mol. The second-order valence-corrected chi connectivity index (χ2v) is 4.02. The lowest BCUT2D eigenvalue weighted by Gasteiger charge is -2.20. The molecule has 100 valence electrons.